The van der Waals surface area contributed by atoms with Crippen LogP contribution in [0.1, 0.15) is 50.6 Å². The minimum Gasteiger partial charge on any atom is -0.456 e. The summed E-state index contributed by atoms with van der Waals surface area (Å²) in [4.78, 5) is 29.0. The summed E-state index contributed by atoms with van der Waals surface area (Å²) in [5, 5.41) is 5.39. The molecular weight excluding hydrogens is 396 g/mol. The number of carbonyl (C=O) groups excluding carboxylic acids is 2. The zero-order valence-corrected chi connectivity index (χ0v) is 17.8. The lowest BCUT2D eigenvalue weighted by atomic mass is 9.90. The van der Waals surface area contributed by atoms with E-state index in [0.29, 0.717) is 16.3 Å². The van der Waals surface area contributed by atoms with E-state index >= 15 is 0 Å². The Balaban J connectivity index is 1.29. The van der Waals surface area contributed by atoms with Gasteiger partial charge in [-0.2, -0.15) is 0 Å². The van der Waals surface area contributed by atoms with Gasteiger partial charge in [0.2, 0.25) is 5.91 Å². The van der Waals surface area contributed by atoms with Crippen LogP contribution in [0.5, 0.6) is 0 Å². The SMILES string of the molecule is Cc1ccc(NC(=O)Cc2nc(COC(=O)c3ccc4c(c3)CCCC4)cs2)cc1. The molecule has 1 heterocycles. The molecule has 6 heteroatoms. The smallest absolute Gasteiger partial charge is 0.338 e. The van der Waals surface area contributed by atoms with E-state index in [2.05, 4.69) is 10.3 Å². The van der Waals surface area contributed by atoms with E-state index in [9.17, 15) is 9.59 Å². The fourth-order valence-electron chi connectivity index (χ4n) is 3.56. The molecular formula is C24H24N2O3S. The number of hydrogen-bond acceptors (Lipinski definition) is 5. The fourth-order valence-corrected chi connectivity index (χ4v) is 4.34. The van der Waals surface area contributed by atoms with Crippen molar-refractivity contribution in [2.45, 2.75) is 45.6 Å². The van der Waals surface area contributed by atoms with Gasteiger partial charge in [-0.25, -0.2) is 9.78 Å². The predicted octanol–water partition coefficient (Wildman–Crippen LogP) is 4.87. The van der Waals surface area contributed by atoms with Gasteiger partial charge in [-0.15, -0.1) is 11.3 Å². The van der Waals surface area contributed by atoms with E-state index in [-0.39, 0.29) is 24.9 Å². The third kappa shape index (κ3) is 5.13. The zero-order chi connectivity index (χ0) is 20.9. The second-order valence-electron chi connectivity index (χ2n) is 7.59. The molecule has 1 aliphatic rings. The zero-order valence-electron chi connectivity index (χ0n) is 16.9. The highest BCUT2D eigenvalue weighted by atomic mass is 32.1. The fraction of sp³-hybridized carbons (Fsp3) is 0.292. The quantitative estimate of drug-likeness (QED) is 0.578. The maximum atomic E-state index is 12.4. The molecule has 154 valence electrons. The second kappa shape index (κ2) is 9.22. The Labute approximate surface area is 180 Å². The number of aryl methyl sites for hydroxylation is 3. The molecule has 1 aromatic heterocycles. The van der Waals surface area contributed by atoms with Crippen molar-refractivity contribution in [2.75, 3.05) is 5.32 Å². The molecule has 5 nitrogen and oxygen atoms in total. The molecule has 1 N–H and O–H groups in total. The third-order valence-corrected chi connectivity index (χ3v) is 6.08. The Hall–Kier alpha value is -2.99. The summed E-state index contributed by atoms with van der Waals surface area (Å²) in [7, 11) is 0. The van der Waals surface area contributed by atoms with Crippen LogP contribution in [0.25, 0.3) is 0 Å². The Kier molecular flexibility index (Phi) is 6.23. The lowest BCUT2D eigenvalue weighted by Gasteiger charge is -2.16. The number of esters is 1. The first-order valence-electron chi connectivity index (χ1n) is 10.2. The lowest BCUT2D eigenvalue weighted by Crippen LogP contribution is -2.14. The van der Waals surface area contributed by atoms with Crippen molar-refractivity contribution >= 4 is 28.9 Å². The van der Waals surface area contributed by atoms with Crippen molar-refractivity contribution in [2.24, 2.45) is 0 Å². The number of benzene rings is 2. The first-order chi connectivity index (χ1) is 14.6. The van der Waals surface area contributed by atoms with Crippen LogP contribution in [0.3, 0.4) is 0 Å². The van der Waals surface area contributed by atoms with E-state index in [4.69, 9.17) is 4.74 Å². The van der Waals surface area contributed by atoms with E-state index in [1.165, 1.54) is 35.3 Å². The van der Waals surface area contributed by atoms with E-state index in [0.717, 1.165) is 24.1 Å². The molecule has 3 aromatic rings. The number of nitrogens with one attached hydrogen (secondary N) is 1. The maximum absolute atomic E-state index is 12.4. The highest BCUT2D eigenvalue weighted by molar-refractivity contribution is 7.09. The number of anilines is 1. The molecule has 2 aromatic carbocycles. The topological polar surface area (TPSA) is 68.3 Å². The van der Waals surface area contributed by atoms with Gasteiger partial charge in [0, 0.05) is 11.1 Å². The predicted molar refractivity (Wildman–Crippen MR) is 118 cm³/mol. The highest BCUT2D eigenvalue weighted by Gasteiger charge is 2.15. The number of hydrogen-bond donors (Lipinski definition) is 1. The first-order valence-corrected chi connectivity index (χ1v) is 11.0. The summed E-state index contributed by atoms with van der Waals surface area (Å²) >= 11 is 1.39. The van der Waals surface area contributed by atoms with Gasteiger partial charge in [0.05, 0.1) is 17.7 Å². The third-order valence-electron chi connectivity index (χ3n) is 5.18. The molecule has 30 heavy (non-hydrogen) atoms. The summed E-state index contributed by atoms with van der Waals surface area (Å²) in [6, 6.07) is 13.5. The molecule has 4 rings (SSSR count). The normalized spacial score (nSPS) is 12.8. The minimum absolute atomic E-state index is 0.103. The van der Waals surface area contributed by atoms with Crippen LogP contribution in [0.15, 0.2) is 47.8 Å². The average Bonchev–Trinajstić information content (AvgIpc) is 3.20. The standard InChI is InChI=1S/C24H24N2O3S/c1-16-6-10-20(11-7-16)25-22(27)13-23-26-21(15-30-23)14-29-24(28)19-9-8-17-4-2-3-5-18(17)12-19/h6-12,15H,2-5,13-14H2,1H3,(H,25,27). The molecule has 0 atom stereocenters. The number of ether oxygens (including phenoxy) is 1. The summed E-state index contributed by atoms with van der Waals surface area (Å²) < 4.78 is 5.43. The molecule has 0 radical (unpaired) electrons. The number of aromatic nitrogens is 1. The Morgan fingerprint density at radius 1 is 1.07 bits per heavy atom. The van der Waals surface area contributed by atoms with Crippen LogP contribution in [0.4, 0.5) is 5.69 Å². The van der Waals surface area contributed by atoms with E-state index in [1.54, 1.807) is 0 Å². The van der Waals surface area contributed by atoms with Crippen LogP contribution >= 0.6 is 11.3 Å². The number of amides is 1. The van der Waals surface area contributed by atoms with Crippen LogP contribution in [-0.4, -0.2) is 16.9 Å². The number of carbonyl (C=O) groups is 2. The minimum atomic E-state index is -0.338. The number of thiazole rings is 1. The highest BCUT2D eigenvalue weighted by Crippen LogP contribution is 2.23. The molecule has 0 saturated carbocycles. The van der Waals surface area contributed by atoms with Gasteiger partial charge in [0.1, 0.15) is 11.6 Å². The molecule has 0 unspecified atom stereocenters. The molecule has 0 spiro atoms. The molecule has 0 saturated heterocycles. The number of fused-ring (bicyclic) bond motifs is 1. The first kappa shape index (κ1) is 20.3. The van der Waals surface area contributed by atoms with Gasteiger partial charge in [-0.3, -0.25) is 4.79 Å². The maximum Gasteiger partial charge on any atom is 0.338 e. The van der Waals surface area contributed by atoms with Gasteiger partial charge < -0.3 is 10.1 Å². The van der Waals surface area contributed by atoms with Crippen molar-refractivity contribution in [3.8, 4) is 0 Å². The van der Waals surface area contributed by atoms with Crippen molar-refractivity contribution in [3.05, 3.63) is 80.8 Å². The Morgan fingerprint density at radius 2 is 1.83 bits per heavy atom. The number of rotatable bonds is 6. The van der Waals surface area contributed by atoms with Crippen molar-refractivity contribution < 1.29 is 14.3 Å². The summed E-state index contributed by atoms with van der Waals surface area (Å²) in [5.41, 5.74) is 5.74. The van der Waals surface area contributed by atoms with Gasteiger partial charge in [-0.1, -0.05) is 23.8 Å². The van der Waals surface area contributed by atoms with Crippen LogP contribution < -0.4 is 5.32 Å². The van der Waals surface area contributed by atoms with Gasteiger partial charge >= 0.3 is 5.97 Å². The van der Waals surface area contributed by atoms with Gasteiger partial charge in [0.15, 0.2) is 0 Å². The summed E-state index contributed by atoms with van der Waals surface area (Å²) in [5.74, 6) is -0.458. The van der Waals surface area contributed by atoms with Crippen LogP contribution in [0.2, 0.25) is 0 Å². The molecule has 0 aliphatic heterocycles. The monoisotopic (exact) mass is 420 g/mol. The Bertz CT molecular complexity index is 1060. The molecule has 1 aliphatic carbocycles. The molecule has 0 fully saturated rings. The van der Waals surface area contributed by atoms with Crippen LogP contribution in [-0.2, 0) is 35.4 Å². The Morgan fingerprint density at radius 3 is 2.63 bits per heavy atom. The van der Waals surface area contributed by atoms with Gasteiger partial charge in [-0.05, 0) is 68.0 Å². The van der Waals surface area contributed by atoms with E-state index < -0.39 is 0 Å². The summed E-state index contributed by atoms with van der Waals surface area (Å²) in [6.07, 6.45) is 4.69. The van der Waals surface area contributed by atoms with Crippen molar-refractivity contribution in [1.29, 1.82) is 0 Å². The average molecular weight is 421 g/mol. The summed E-state index contributed by atoms with van der Waals surface area (Å²) in [6.45, 7) is 2.10. The van der Waals surface area contributed by atoms with Crippen molar-refractivity contribution in [1.82, 2.24) is 4.98 Å². The second-order valence-corrected chi connectivity index (χ2v) is 8.53. The van der Waals surface area contributed by atoms with Gasteiger partial charge in [0.25, 0.3) is 0 Å². The molecule has 0 bridgehead atoms. The lowest BCUT2D eigenvalue weighted by molar-refractivity contribution is -0.115. The largest absolute Gasteiger partial charge is 0.456 e. The van der Waals surface area contributed by atoms with Crippen molar-refractivity contribution in [3.63, 3.8) is 0 Å². The van der Waals surface area contributed by atoms with Crippen LogP contribution in [0, 0.1) is 6.92 Å². The molecule has 1 amide bonds. The van der Waals surface area contributed by atoms with E-state index in [1.807, 2.05) is 54.8 Å². The number of nitrogens with zero attached hydrogens (tertiary/aromatic N) is 1.